The summed E-state index contributed by atoms with van der Waals surface area (Å²) in [6.07, 6.45) is 3.23. The lowest BCUT2D eigenvalue weighted by molar-refractivity contribution is -0.385. The van der Waals surface area contributed by atoms with Crippen molar-refractivity contribution in [1.82, 2.24) is 10.3 Å². The highest BCUT2D eigenvalue weighted by Gasteiger charge is 2.45. The zero-order valence-electron chi connectivity index (χ0n) is 11.5. The number of rotatable bonds is 5. The molecule has 0 saturated heterocycles. The van der Waals surface area contributed by atoms with Crippen molar-refractivity contribution in [2.24, 2.45) is 11.3 Å². The summed E-state index contributed by atoms with van der Waals surface area (Å²) in [6.45, 7) is 4.82. The predicted molar refractivity (Wildman–Crippen MR) is 74.1 cm³/mol. The Balaban J connectivity index is 2.09. The lowest BCUT2D eigenvalue weighted by Gasteiger charge is -2.20. The smallest absolute Gasteiger partial charge is 0.288 e. The highest BCUT2D eigenvalue weighted by atomic mass is 16.6. The fraction of sp³-hybridized carbons (Fsp3) is 0.538. The number of nitrogen functional groups attached to an aromatic ring is 1. The van der Waals surface area contributed by atoms with Crippen LogP contribution in [0.1, 0.15) is 37.0 Å². The third kappa shape index (κ3) is 2.71. The first-order valence-corrected chi connectivity index (χ1v) is 6.54. The maximum absolute atomic E-state index is 12.1. The summed E-state index contributed by atoms with van der Waals surface area (Å²) in [5.74, 6) is 0.0801. The van der Waals surface area contributed by atoms with Gasteiger partial charge in [0.1, 0.15) is 12.0 Å². The van der Waals surface area contributed by atoms with E-state index in [0.29, 0.717) is 12.5 Å². The van der Waals surface area contributed by atoms with Crippen molar-refractivity contribution in [3.05, 3.63) is 27.9 Å². The van der Waals surface area contributed by atoms with Gasteiger partial charge in [-0.15, -0.1) is 0 Å². The molecule has 2 rings (SSSR count). The lowest BCUT2D eigenvalue weighted by Crippen LogP contribution is -2.33. The van der Waals surface area contributed by atoms with Crippen molar-refractivity contribution in [3.8, 4) is 0 Å². The van der Waals surface area contributed by atoms with E-state index in [9.17, 15) is 14.9 Å². The second-order valence-electron chi connectivity index (χ2n) is 5.58. The highest BCUT2D eigenvalue weighted by molar-refractivity contribution is 5.98. The molecule has 1 heterocycles. The largest absolute Gasteiger partial charge is 0.383 e. The first-order chi connectivity index (χ1) is 9.35. The van der Waals surface area contributed by atoms with E-state index in [-0.39, 0.29) is 22.5 Å². The quantitative estimate of drug-likeness (QED) is 0.629. The molecule has 1 aromatic heterocycles. The number of nitro groups is 1. The Morgan fingerprint density at radius 2 is 2.25 bits per heavy atom. The average molecular weight is 278 g/mol. The molecule has 1 amide bonds. The molecule has 7 nitrogen and oxygen atoms in total. The number of pyridine rings is 1. The molecular weight excluding hydrogens is 260 g/mol. The topological polar surface area (TPSA) is 111 Å². The van der Waals surface area contributed by atoms with Gasteiger partial charge in [-0.25, -0.2) is 4.98 Å². The van der Waals surface area contributed by atoms with Crippen molar-refractivity contribution in [3.63, 3.8) is 0 Å². The first kappa shape index (κ1) is 14.2. The van der Waals surface area contributed by atoms with Gasteiger partial charge < -0.3 is 11.1 Å². The average Bonchev–Trinajstić information content (AvgIpc) is 3.17. The van der Waals surface area contributed by atoms with Crippen LogP contribution < -0.4 is 11.1 Å². The van der Waals surface area contributed by atoms with Crippen LogP contribution in [0.2, 0.25) is 0 Å². The van der Waals surface area contributed by atoms with Gasteiger partial charge >= 0.3 is 0 Å². The maximum atomic E-state index is 12.1. The molecule has 0 radical (unpaired) electrons. The van der Waals surface area contributed by atoms with E-state index in [4.69, 9.17) is 5.73 Å². The summed E-state index contributed by atoms with van der Waals surface area (Å²) in [5, 5.41) is 13.5. The summed E-state index contributed by atoms with van der Waals surface area (Å²) in [4.78, 5) is 25.9. The molecule has 1 saturated carbocycles. The maximum Gasteiger partial charge on any atom is 0.288 e. The molecule has 1 fully saturated rings. The zero-order chi connectivity index (χ0) is 14.9. The molecule has 20 heavy (non-hydrogen) atoms. The van der Waals surface area contributed by atoms with Gasteiger partial charge in [0.05, 0.1) is 10.5 Å². The van der Waals surface area contributed by atoms with E-state index in [1.165, 1.54) is 0 Å². The van der Waals surface area contributed by atoms with Gasteiger partial charge in [-0.3, -0.25) is 14.9 Å². The Hall–Kier alpha value is -2.18. The van der Waals surface area contributed by atoms with Crippen LogP contribution in [0.5, 0.6) is 0 Å². The minimum absolute atomic E-state index is 0.00231. The van der Waals surface area contributed by atoms with Gasteiger partial charge in [0, 0.05) is 12.6 Å². The standard InChI is InChI=1S/C13H18N4O3/c1-8(2)13(3-4-13)7-16-12(18)10-5-9(17(19)20)6-15-11(10)14/h5-6,8H,3-4,7H2,1-2H3,(H2,14,15)(H,16,18). The number of aromatic nitrogens is 1. The molecule has 1 aliphatic carbocycles. The summed E-state index contributed by atoms with van der Waals surface area (Å²) in [7, 11) is 0. The van der Waals surface area contributed by atoms with Crippen LogP contribution in [0, 0.1) is 21.4 Å². The predicted octanol–water partition coefficient (Wildman–Crippen LogP) is 1.74. The summed E-state index contributed by atoms with van der Waals surface area (Å²) in [6, 6.07) is 1.16. The molecule has 0 aliphatic heterocycles. The Bertz CT molecular complexity index is 553. The van der Waals surface area contributed by atoms with E-state index in [2.05, 4.69) is 24.1 Å². The molecule has 1 aliphatic rings. The Kier molecular flexibility index (Phi) is 3.61. The number of anilines is 1. The third-order valence-electron chi connectivity index (χ3n) is 4.08. The van der Waals surface area contributed by atoms with E-state index < -0.39 is 10.8 Å². The Labute approximate surface area is 116 Å². The molecule has 0 atom stereocenters. The molecular formula is C13H18N4O3. The lowest BCUT2D eigenvalue weighted by atomic mass is 9.92. The Morgan fingerprint density at radius 3 is 2.75 bits per heavy atom. The van der Waals surface area contributed by atoms with Crippen LogP contribution in [0.3, 0.4) is 0 Å². The molecule has 108 valence electrons. The van der Waals surface area contributed by atoms with Crippen LogP contribution in [-0.2, 0) is 0 Å². The van der Waals surface area contributed by atoms with Crippen LogP contribution in [0.15, 0.2) is 12.3 Å². The molecule has 0 unspecified atom stereocenters. The minimum atomic E-state index is -0.598. The number of nitrogens with zero attached hydrogens (tertiary/aromatic N) is 2. The zero-order valence-corrected chi connectivity index (χ0v) is 11.5. The van der Waals surface area contributed by atoms with Gasteiger partial charge in [0.2, 0.25) is 0 Å². The number of nitrogens with two attached hydrogens (primary N) is 1. The van der Waals surface area contributed by atoms with Crippen molar-refractivity contribution < 1.29 is 9.72 Å². The second-order valence-corrected chi connectivity index (χ2v) is 5.58. The van der Waals surface area contributed by atoms with Crippen LogP contribution in [0.4, 0.5) is 11.5 Å². The number of nitrogens with one attached hydrogen (secondary N) is 1. The molecule has 0 spiro atoms. The summed E-state index contributed by atoms with van der Waals surface area (Å²) >= 11 is 0. The fourth-order valence-electron chi connectivity index (χ4n) is 2.22. The molecule has 0 aromatic carbocycles. The van der Waals surface area contributed by atoms with Crippen molar-refractivity contribution >= 4 is 17.4 Å². The third-order valence-corrected chi connectivity index (χ3v) is 4.08. The van der Waals surface area contributed by atoms with Gasteiger partial charge in [-0.05, 0) is 24.2 Å². The SMILES string of the molecule is CC(C)C1(CNC(=O)c2cc([N+](=O)[O-])cnc2N)CC1. The number of amides is 1. The number of carbonyl (C=O) groups excluding carboxylic acids is 1. The number of hydrogen-bond acceptors (Lipinski definition) is 5. The summed E-state index contributed by atoms with van der Waals surface area (Å²) in [5.41, 5.74) is 5.59. The van der Waals surface area contributed by atoms with E-state index in [1.54, 1.807) is 0 Å². The van der Waals surface area contributed by atoms with Crippen LogP contribution in [-0.4, -0.2) is 22.4 Å². The van der Waals surface area contributed by atoms with E-state index in [1.807, 2.05) is 0 Å². The normalized spacial score (nSPS) is 15.9. The number of hydrogen-bond donors (Lipinski definition) is 2. The highest BCUT2D eigenvalue weighted by Crippen LogP contribution is 2.51. The molecule has 1 aromatic rings. The minimum Gasteiger partial charge on any atom is -0.383 e. The van der Waals surface area contributed by atoms with Gasteiger partial charge in [-0.1, -0.05) is 13.8 Å². The van der Waals surface area contributed by atoms with Crippen LogP contribution in [0.25, 0.3) is 0 Å². The Morgan fingerprint density at radius 1 is 1.60 bits per heavy atom. The molecule has 0 bridgehead atoms. The van der Waals surface area contributed by atoms with Crippen molar-refractivity contribution in [2.45, 2.75) is 26.7 Å². The first-order valence-electron chi connectivity index (χ1n) is 6.54. The number of carbonyl (C=O) groups is 1. The monoisotopic (exact) mass is 278 g/mol. The fourth-order valence-corrected chi connectivity index (χ4v) is 2.22. The van der Waals surface area contributed by atoms with Gasteiger partial charge in [-0.2, -0.15) is 0 Å². The molecule has 3 N–H and O–H groups in total. The van der Waals surface area contributed by atoms with Gasteiger partial charge in [0.15, 0.2) is 0 Å². The van der Waals surface area contributed by atoms with Gasteiger partial charge in [0.25, 0.3) is 11.6 Å². The molecule has 7 heteroatoms. The van der Waals surface area contributed by atoms with Crippen molar-refractivity contribution in [2.75, 3.05) is 12.3 Å². The van der Waals surface area contributed by atoms with Crippen LogP contribution >= 0.6 is 0 Å². The second kappa shape index (κ2) is 5.07. The van der Waals surface area contributed by atoms with Crippen molar-refractivity contribution in [1.29, 1.82) is 0 Å². The summed E-state index contributed by atoms with van der Waals surface area (Å²) < 4.78 is 0. The van der Waals surface area contributed by atoms with E-state index >= 15 is 0 Å². The van der Waals surface area contributed by atoms with E-state index in [0.717, 1.165) is 25.1 Å².